The second-order valence-electron chi connectivity index (χ2n) is 10.2. The van der Waals surface area contributed by atoms with Crippen LogP contribution in [0.3, 0.4) is 0 Å². The third-order valence-corrected chi connectivity index (χ3v) is 5.41. The molecule has 0 atom stereocenters. The van der Waals surface area contributed by atoms with Gasteiger partial charge in [-0.25, -0.2) is 22.4 Å². The molecule has 0 saturated heterocycles. The maximum Gasteiger partial charge on any atom is 0.410 e. The van der Waals surface area contributed by atoms with Crippen LogP contribution in [0.15, 0.2) is 18.2 Å². The molecule has 0 spiro atoms. The van der Waals surface area contributed by atoms with Gasteiger partial charge in [-0.15, -0.1) is 12.4 Å². The highest BCUT2D eigenvalue weighted by molar-refractivity contribution is 6.32. The summed E-state index contributed by atoms with van der Waals surface area (Å²) in [5.41, 5.74) is 4.40. The summed E-state index contributed by atoms with van der Waals surface area (Å²) in [4.78, 5) is 13.4. The topological polar surface area (TPSA) is 64.8 Å². The van der Waals surface area contributed by atoms with Gasteiger partial charge in [-0.3, -0.25) is 4.90 Å². The zero-order chi connectivity index (χ0) is 26.9. The molecular weight excluding hydrogens is 527 g/mol. The Bertz CT molecular complexity index is 774. The summed E-state index contributed by atoms with van der Waals surface area (Å²) in [5.74, 6) is 0. The minimum absolute atomic E-state index is 0. The van der Waals surface area contributed by atoms with Crippen LogP contribution in [0, 0.1) is 0 Å². The predicted molar refractivity (Wildman–Crippen MR) is 136 cm³/mol. The number of nitrogens with zero attached hydrogens (tertiary/aromatic N) is 1. The van der Waals surface area contributed by atoms with Crippen molar-refractivity contribution in [3.63, 3.8) is 0 Å². The average molecular weight is 566 g/mol. The summed E-state index contributed by atoms with van der Waals surface area (Å²) < 4.78 is 58.7. The van der Waals surface area contributed by atoms with Crippen molar-refractivity contribution in [2.45, 2.75) is 91.0 Å². The van der Waals surface area contributed by atoms with Crippen LogP contribution in [0.5, 0.6) is 0 Å². The number of benzene rings is 1. The average Bonchev–Trinajstić information content (AvgIpc) is 2.65. The van der Waals surface area contributed by atoms with E-state index in [1.807, 2.05) is 13.8 Å². The Kier molecular flexibility index (Phi) is 15.7. The van der Waals surface area contributed by atoms with Crippen molar-refractivity contribution >= 4 is 39.9 Å². The zero-order valence-electron chi connectivity index (χ0n) is 21.6. The lowest BCUT2D eigenvalue weighted by Crippen LogP contribution is -2.39. The standard InChI is InChI=1S/C21H32ClF2NO3Si.C2H5F2N.ClH/c1-19(2,3)27-18(26)25(13-17(23)24)12-14-9-10-16(22)15(11-14)21(7,8)28-29-20(4,5)6;3-2(4)1-5;/h9-11,17H,12-13H2,1-8H3;2H,1,5H2;1H. The van der Waals surface area contributed by atoms with Crippen molar-refractivity contribution in [3.05, 3.63) is 34.3 Å². The number of hydrogen-bond acceptors (Lipinski definition) is 4. The second kappa shape index (κ2) is 15.2. The quantitative estimate of drug-likeness (QED) is 0.271. The number of carbonyl (C=O) groups excluding carboxylic acids is 1. The first kappa shape index (κ1) is 36.1. The Morgan fingerprint density at radius 3 is 1.97 bits per heavy atom. The van der Waals surface area contributed by atoms with E-state index in [4.69, 9.17) is 20.8 Å². The van der Waals surface area contributed by atoms with Gasteiger partial charge in [0.1, 0.15) is 5.60 Å². The lowest BCUT2D eigenvalue weighted by Gasteiger charge is -2.31. The SMILES string of the molecule is CC(C)(C)OC(=O)N(Cc1ccc(Cl)c(C(C)(C)O[Si]C(C)(C)C)c1)CC(F)F.Cl.NCC(F)F. The van der Waals surface area contributed by atoms with Crippen LogP contribution in [-0.2, 0) is 21.3 Å². The van der Waals surface area contributed by atoms with Crippen molar-refractivity contribution in [3.8, 4) is 0 Å². The van der Waals surface area contributed by atoms with E-state index in [9.17, 15) is 22.4 Å². The summed E-state index contributed by atoms with van der Waals surface area (Å²) in [7, 11) is 0.251. The lowest BCUT2D eigenvalue weighted by molar-refractivity contribution is 0.00815. The van der Waals surface area contributed by atoms with Gasteiger partial charge in [-0.1, -0.05) is 38.4 Å². The highest BCUT2D eigenvalue weighted by Gasteiger charge is 2.29. The molecule has 0 bridgehead atoms. The third kappa shape index (κ3) is 16.3. The van der Waals surface area contributed by atoms with Crippen LogP contribution in [0.2, 0.25) is 10.1 Å². The normalized spacial score (nSPS) is 12.1. The fourth-order valence-corrected chi connectivity index (χ4v) is 3.40. The first-order valence-electron chi connectivity index (χ1n) is 10.8. The van der Waals surface area contributed by atoms with Crippen LogP contribution in [-0.4, -0.2) is 52.3 Å². The number of halogens is 6. The number of ether oxygens (including phenoxy) is 1. The molecular formula is C23H38Cl2F4N2O3Si. The van der Waals surface area contributed by atoms with E-state index in [1.54, 1.807) is 39.0 Å². The largest absolute Gasteiger partial charge is 0.444 e. The molecule has 5 nitrogen and oxygen atoms in total. The maximum absolute atomic E-state index is 13.0. The molecule has 35 heavy (non-hydrogen) atoms. The third-order valence-electron chi connectivity index (χ3n) is 3.85. The highest BCUT2D eigenvalue weighted by atomic mass is 35.5. The van der Waals surface area contributed by atoms with E-state index in [2.05, 4.69) is 26.5 Å². The van der Waals surface area contributed by atoms with Crippen molar-refractivity contribution in [2.75, 3.05) is 13.1 Å². The molecule has 1 aromatic rings. The van der Waals surface area contributed by atoms with E-state index in [0.717, 1.165) is 10.5 Å². The van der Waals surface area contributed by atoms with Gasteiger partial charge in [-0.2, -0.15) is 0 Å². The summed E-state index contributed by atoms with van der Waals surface area (Å²) >= 11 is 6.40. The number of nitrogens with two attached hydrogens (primary N) is 1. The molecule has 12 heteroatoms. The summed E-state index contributed by atoms with van der Waals surface area (Å²) in [5, 5.41) is 0.529. The minimum atomic E-state index is -2.66. The van der Waals surface area contributed by atoms with Crippen LogP contribution in [0.4, 0.5) is 22.4 Å². The summed E-state index contributed by atoms with van der Waals surface area (Å²) in [6.45, 7) is 13.9. The van der Waals surface area contributed by atoms with E-state index in [0.29, 0.717) is 10.6 Å². The molecule has 204 valence electrons. The van der Waals surface area contributed by atoms with Crippen molar-refractivity contribution in [1.82, 2.24) is 4.90 Å². The Balaban J connectivity index is 0. The molecule has 0 heterocycles. The minimum Gasteiger partial charge on any atom is -0.444 e. The molecule has 0 aliphatic carbocycles. The molecule has 1 amide bonds. The van der Waals surface area contributed by atoms with Gasteiger partial charge < -0.3 is 14.9 Å². The first-order chi connectivity index (χ1) is 15.3. The molecule has 0 aliphatic heterocycles. The van der Waals surface area contributed by atoms with Crippen LogP contribution < -0.4 is 5.73 Å². The molecule has 0 aromatic heterocycles. The van der Waals surface area contributed by atoms with Gasteiger partial charge >= 0.3 is 6.09 Å². The summed E-state index contributed by atoms with van der Waals surface area (Å²) in [6, 6.07) is 5.22. The number of amides is 1. The Morgan fingerprint density at radius 2 is 1.57 bits per heavy atom. The van der Waals surface area contributed by atoms with Gasteiger partial charge in [0.05, 0.1) is 18.7 Å². The Morgan fingerprint density at radius 1 is 1.06 bits per heavy atom. The van der Waals surface area contributed by atoms with Gasteiger partial charge in [0.25, 0.3) is 12.9 Å². The lowest BCUT2D eigenvalue weighted by atomic mass is 9.96. The molecule has 1 aromatic carbocycles. The Hall–Kier alpha value is -1.07. The molecule has 2 radical (unpaired) electrons. The van der Waals surface area contributed by atoms with E-state index in [1.165, 1.54) is 0 Å². The van der Waals surface area contributed by atoms with Crippen molar-refractivity contribution < 1.29 is 31.5 Å². The van der Waals surface area contributed by atoms with Crippen molar-refractivity contribution in [2.24, 2.45) is 5.73 Å². The number of carbonyl (C=O) groups is 1. The molecule has 0 saturated carbocycles. The maximum atomic E-state index is 13.0. The monoisotopic (exact) mass is 564 g/mol. The molecule has 0 unspecified atom stereocenters. The Labute approximate surface area is 220 Å². The van der Waals surface area contributed by atoms with Gasteiger partial charge in [0.2, 0.25) is 9.76 Å². The van der Waals surface area contributed by atoms with E-state index >= 15 is 0 Å². The number of rotatable bonds is 8. The molecule has 2 N–H and O–H groups in total. The van der Waals surface area contributed by atoms with Crippen LogP contribution in [0.25, 0.3) is 0 Å². The number of alkyl halides is 4. The fourth-order valence-electron chi connectivity index (χ4n) is 2.38. The summed E-state index contributed by atoms with van der Waals surface area (Å²) in [6.07, 6.45) is -5.78. The fraction of sp³-hybridized carbons (Fsp3) is 0.696. The van der Waals surface area contributed by atoms with Crippen LogP contribution >= 0.6 is 24.0 Å². The first-order valence-corrected chi connectivity index (χ1v) is 12.0. The second-order valence-corrected chi connectivity index (χ2v) is 12.5. The molecule has 0 aliphatic rings. The van der Waals surface area contributed by atoms with E-state index in [-0.39, 0.29) is 33.8 Å². The van der Waals surface area contributed by atoms with Gasteiger partial charge in [0, 0.05) is 17.1 Å². The smallest absolute Gasteiger partial charge is 0.410 e. The van der Waals surface area contributed by atoms with Crippen molar-refractivity contribution in [1.29, 1.82) is 0 Å². The molecule has 1 rings (SSSR count). The predicted octanol–water partition coefficient (Wildman–Crippen LogP) is 7.06. The van der Waals surface area contributed by atoms with Crippen LogP contribution in [0.1, 0.15) is 66.5 Å². The van der Waals surface area contributed by atoms with E-state index < -0.39 is 43.2 Å². The highest BCUT2D eigenvalue weighted by Crippen LogP contribution is 2.34. The van der Waals surface area contributed by atoms with Gasteiger partial charge in [-0.05, 0) is 57.4 Å². The number of hydrogen-bond donors (Lipinski definition) is 1. The molecule has 0 fully saturated rings. The zero-order valence-corrected chi connectivity index (χ0v) is 24.1. The van der Waals surface area contributed by atoms with Gasteiger partial charge in [0.15, 0.2) is 0 Å².